The predicted molar refractivity (Wildman–Crippen MR) is 121 cm³/mol. The van der Waals surface area contributed by atoms with Gasteiger partial charge in [0.05, 0.1) is 12.7 Å². The van der Waals surface area contributed by atoms with Crippen molar-refractivity contribution in [3.63, 3.8) is 0 Å². The summed E-state index contributed by atoms with van der Waals surface area (Å²) in [6.07, 6.45) is 0. The highest BCUT2D eigenvalue weighted by molar-refractivity contribution is 7.14. The third kappa shape index (κ3) is 5.75. The molecule has 156 valence electrons. The van der Waals surface area contributed by atoms with Crippen molar-refractivity contribution in [2.45, 2.75) is 27.3 Å². The number of anilines is 3. The molecule has 1 unspecified atom stereocenters. The maximum Gasteiger partial charge on any atom is 0.279 e. The molecule has 1 heterocycles. The lowest BCUT2D eigenvalue weighted by Gasteiger charge is -2.18. The zero-order chi connectivity index (χ0) is 21.7. The average molecular weight is 424 g/mol. The third-order valence-corrected chi connectivity index (χ3v) is 5.46. The van der Waals surface area contributed by atoms with Crippen molar-refractivity contribution in [1.82, 2.24) is 4.98 Å². The number of hydrogen-bond donors (Lipinski definition) is 2. The van der Waals surface area contributed by atoms with E-state index in [-0.39, 0.29) is 11.8 Å². The van der Waals surface area contributed by atoms with Crippen LogP contribution < -0.4 is 15.1 Å². The van der Waals surface area contributed by atoms with Gasteiger partial charge in [0.1, 0.15) is 12.2 Å². The summed E-state index contributed by atoms with van der Waals surface area (Å²) in [5, 5.41) is 5.51. The Morgan fingerprint density at radius 2 is 1.83 bits per heavy atom. The molecule has 6 nitrogen and oxygen atoms in total. The molecule has 0 saturated heterocycles. The second kappa shape index (κ2) is 9.65. The van der Waals surface area contributed by atoms with E-state index in [4.69, 9.17) is 0 Å². The quantitative estimate of drug-likeness (QED) is 0.614. The Morgan fingerprint density at radius 3 is 2.50 bits per heavy atom. The molecule has 0 radical (unpaired) electrons. The number of hydrogen-bond acceptors (Lipinski definition) is 4. The Morgan fingerprint density at radius 1 is 1.10 bits per heavy atom. The van der Waals surface area contributed by atoms with Crippen molar-refractivity contribution >= 4 is 39.7 Å². The summed E-state index contributed by atoms with van der Waals surface area (Å²) in [7, 11) is 1.96. The van der Waals surface area contributed by atoms with Gasteiger partial charge in [0.2, 0.25) is 5.91 Å². The number of likely N-dealkylation sites (N-methyl/N-ethyl adjacent to an activating group) is 1. The predicted octanol–water partition coefficient (Wildman–Crippen LogP) is 3.10. The minimum absolute atomic E-state index is 0.0445. The van der Waals surface area contributed by atoms with Crippen LogP contribution in [0.5, 0.6) is 0 Å². The number of aromatic nitrogens is 1. The van der Waals surface area contributed by atoms with Crippen LogP contribution in [0.2, 0.25) is 0 Å². The summed E-state index contributed by atoms with van der Waals surface area (Å²) in [6, 6.07) is 15.5. The normalized spacial score (nSPS) is 11.7. The smallest absolute Gasteiger partial charge is 0.279 e. The number of aryl methyl sites for hydroxylation is 2. The van der Waals surface area contributed by atoms with Crippen molar-refractivity contribution in [1.29, 1.82) is 0 Å². The van der Waals surface area contributed by atoms with Crippen LogP contribution in [-0.2, 0) is 16.1 Å². The summed E-state index contributed by atoms with van der Waals surface area (Å²) >= 11 is 1.43. The fourth-order valence-corrected chi connectivity index (χ4v) is 4.05. The summed E-state index contributed by atoms with van der Waals surface area (Å²) in [5.74, 6) is -0.128. The Hall–Kier alpha value is -3.03. The van der Waals surface area contributed by atoms with Crippen molar-refractivity contribution in [3.05, 3.63) is 70.7 Å². The van der Waals surface area contributed by atoms with Crippen molar-refractivity contribution in [2.75, 3.05) is 23.8 Å². The lowest BCUT2D eigenvalue weighted by Crippen LogP contribution is -3.08. The van der Waals surface area contributed by atoms with Crippen LogP contribution in [-0.4, -0.2) is 30.4 Å². The number of carbonyl (C=O) groups is 2. The number of rotatable bonds is 7. The van der Waals surface area contributed by atoms with Crippen LogP contribution in [0.25, 0.3) is 0 Å². The molecule has 0 aliphatic heterocycles. The van der Waals surface area contributed by atoms with Gasteiger partial charge in [-0.3, -0.25) is 14.5 Å². The van der Waals surface area contributed by atoms with Crippen LogP contribution in [0.4, 0.5) is 16.5 Å². The number of quaternary nitrogens is 1. The van der Waals surface area contributed by atoms with Gasteiger partial charge in [-0.15, -0.1) is 11.3 Å². The number of thiazole rings is 1. The molecule has 0 saturated carbocycles. The lowest BCUT2D eigenvalue weighted by atomic mass is 10.2. The number of amides is 2. The molecule has 0 bridgehead atoms. The van der Waals surface area contributed by atoms with E-state index in [1.807, 2.05) is 74.8 Å². The summed E-state index contributed by atoms with van der Waals surface area (Å²) < 4.78 is 0. The largest absolute Gasteiger partial charge is 0.325 e. The highest BCUT2D eigenvalue weighted by Gasteiger charge is 2.19. The molecule has 3 rings (SSSR count). The molecule has 0 spiro atoms. The zero-order valence-electron chi connectivity index (χ0n) is 17.7. The molecule has 3 aromatic rings. The Balaban J connectivity index is 1.63. The van der Waals surface area contributed by atoms with Gasteiger partial charge in [-0.25, -0.2) is 4.98 Å². The van der Waals surface area contributed by atoms with Crippen molar-refractivity contribution in [2.24, 2.45) is 0 Å². The highest BCUT2D eigenvalue weighted by Crippen LogP contribution is 2.29. The fraction of sp³-hybridized carbons (Fsp3) is 0.261. The van der Waals surface area contributed by atoms with Gasteiger partial charge in [-0.2, -0.15) is 0 Å². The van der Waals surface area contributed by atoms with Gasteiger partial charge in [0, 0.05) is 18.0 Å². The van der Waals surface area contributed by atoms with Crippen molar-refractivity contribution < 1.29 is 14.5 Å². The minimum Gasteiger partial charge on any atom is -0.325 e. The number of nitrogens with zero attached hydrogens (tertiary/aromatic N) is 2. The zero-order valence-corrected chi connectivity index (χ0v) is 18.5. The average Bonchev–Trinajstić information content (AvgIpc) is 3.11. The van der Waals surface area contributed by atoms with Crippen LogP contribution in [0, 0.1) is 13.8 Å². The first-order valence-corrected chi connectivity index (χ1v) is 10.7. The van der Waals surface area contributed by atoms with E-state index in [2.05, 4.69) is 10.3 Å². The lowest BCUT2D eigenvalue weighted by molar-refractivity contribution is -0.885. The van der Waals surface area contributed by atoms with Gasteiger partial charge >= 0.3 is 0 Å². The summed E-state index contributed by atoms with van der Waals surface area (Å²) in [5.41, 5.74) is 4.69. The van der Waals surface area contributed by atoms with Crippen molar-refractivity contribution in [3.8, 4) is 0 Å². The maximum absolute atomic E-state index is 12.3. The molecular formula is C23H27N4O2S+. The topological polar surface area (TPSA) is 66.7 Å². The van der Waals surface area contributed by atoms with E-state index in [1.165, 1.54) is 18.3 Å². The van der Waals surface area contributed by atoms with E-state index in [9.17, 15) is 9.59 Å². The third-order valence-electron chi connectivity index (χ3n) is 4.59. The minimum atomic E-state index is -0.0836. The van der Waals surface area contributed by atoms with E-state index in [0.29, 0.717) is 18.2 Å². The molecule has 0 aliphatic rings. The SMILES string of the molecule is CC(=O)N(c1cccc(C)c1)c1nc(C[NH+](C)CC(=O)Nc2ccc(C)cc2)cs1. The van der Waals surface area contributed by atoms with Crippen LogP contribution in [0.15, 0.2) is 53.9 Å². The highest BCUT2D eigenvalue weighted by atomic mass is 32.1. The Kier molecular flexibility index (Phi) is 6.97. The second-order valence-electron chi connectivity index (χ2n) is 7.54. The molecule has 0 aliphatic carbocycles. The Bertz CT molecular complexity index is 1030. The van der Waals surface area contributed by atoms with E-state index >= 15 is 0 Å². The van der Waals surface area contributed by atoms with Gasteiger partial charge in [0.25, 0.3) is 5.91 Å². The molecule has 2 aromatic carbocycles. The van der Waals surface area contributed by atoms with Gasteiger partial charge in [-0.05, 0) is 43.7 Å². The molecule has 30 heavy (non-hydrogen) atoms. The maximum atomic E-state index is 12.3. The molecule has 1 atom stereocenters. The first kappa shape index (κ1) is 21.7. The van der Waals surface area contributed by atoms with E-state index < -0.39 is 0 Å². The molecule has 2 N–H and O–H groups in total. The Labute approximate surface area is 181 Å². The molecule has 1 aromatic heterocycles. The second-order valence-corrected chi connectivity index (χ2v) is 8.38. The fourth-order valence-electron chi connectivity index (χ4n) is 3.16. The molecular weight excluding hydrogens is 396 g/mol. The van der Waals surface area contributed by atoms with E-state index in [0.717, 1.165) is 33.1 Å². The monoisotopic (exact) mass is 423 g/mol. The number of carbonyl (C=O) groups excluding carboxylic acids is 2. The van der Waals surface area contributed by atoms with E-state index in [1.54, 1.807) is 4.90 Å². The van der Waals surface area contributed by atoms with Crippen LogP contribution in [0.1, 0.15) is 23.7 Å². The van der Waals surface area contributed by atoms with Gasteiger partial charge < -0.3 is 10.2 Å². The molecule has 2 amide bonds. The first-order chi connectivity index (χ1) is 14.3. The first-order valence-electron chi connectivity index (χ1n) is 9.81. The number of benzene rings is 2. The molecule has 0 fully saturated rings. The summed E-state index contributed by atoms with van der Waals surface area (Å²) in [4.78, 5) is 31.9. The van der Waals surface area contributed by atoms with Crippen LogP contribution in [0.3, 0.4) is 0 Å². The van der Waals surface area contributed by atoms with Gasteiger partial charge in [-0.1, -0.05) is 29.8 Å². The number of nitrogens with one attached hydrogen (secondary N) is 2. The standard InChI is InChI=1S/C23H26N4O2S/c1-16-8-10-19(11-9-16)24-22(29)14-26(4)13-20-15-30-23(25-20)27(18(3)28)21-7-5-6-17(2)12-21/h5-12,15H,13-14H2,1-4H3,(H,24,29)/p+1. The summed E-state index contributed by atoms with van der Waals surface area (Å²) in [6.45, 7) is 6.47. The van der Waals surface area contributed by atoms with Crippen LogP contribution >= 0.6 is 11.3 Å². The van der Waals surface area contributed by atoms with Gasteiger partial charge in [0.15, 0.2) is 11.7 Å². The molecule has 7 heteroatoms.